The monoisotopic (exact) mass is 246 g/mol. The first-order valence-electron chi connectivity index (χ1n) is 6.65. The number of carbonyl (C=O) groups excluding carboxylic acids is 1. The zero-order chi connectivity index (χ0) is 13.4. The Kier molecular flexibility index (Phi) is 6.20. The molecule has 0 radical (unpaired) electrons. The highest BCUT2D eigenvalue weighted by Gasteiger charge is 2.13. The summed E-state index contributed by atoms with van der Waals surface area (Å²) in [5, 5.41) is 0. The van der Waals surface area contributed by atoms with E-state index in [9.17, 15) is 4.79 Å². The fourth-order valence-electron chi connectivity index (χ4n) is 1.79. The second-order valence-corrected chi connectivity index (χ2v) is 4.38. The van der Waals surface area contributed by atoms with Crippen molar-refractivity contribution in [2.24, 2.45) is 0 Å². The van der Waals surface area contributed by atoms with E-state index in [0.717, 1.165) is 31.2 Å². The number of aryl methyl sites for hydroxylation is 1. The second-order valence-electron chi connectivity index (χ2n) is 4.38. The molecule has 0 aromatic heterocycles. The van der Waals surface area contributed by atoms with Crippen molar-refractivity contribution in [1.82, 2.24) is 0 Å². The smallest absolute Gasteiger partial charge is 0.338 e. The zero-order valence-electron chi connectivity index (χ0n) is 11.4. The molecule has 0 amide bonds. The van der Waals surface area contributed by atoms with Crippen LogP contribution in [0, 0.1) is 0 Å². The summed E-state index contributed by atoms with van der Waals surface area (Å²) >= 11 is 0. The zero-order valence-corrected chi connectivity index (χ0v) is 11.4. The highest BCUT2D eigenvalue weighted by molar-refractivity contribution is 6.16. The maximum Gasteiger partial charge on any atom is 0.338 e. The summed E-state index contributed by atoms with van der Waals surface area (Å²) in [6.07, 6.45) is 4.07. The third-order valence-corrected chi connectivity index (χ3v) is 2.83. The molecule has 0 aliphatic heterocycles. The number of benzene rings is 1. The van der Waals surface area contributed by atoms with Crippen LogP contribution in [-0.2, 0) is 16.0 Å². The van der Waals surface area contributed by atoms with Gasteiger partial charge in [0.25, 0.3) is 0 Å². The minimum atomic E-state index is -0.305. The molecule has 0 saturated heterocycles. The van der Waals surface area contributed by atoms with Crippen LogP contribution in [0.5, 0.6) is 0 Å². The average molecular weight is 246 g/mol. The van der Waals surface area contributed by atoms with E-state index in [-0.39, 0.29) is 5.97 Å². The lowest BCUT2D eigenvalue weighted by Crippen LogP contribution is -2.08. The van der Waals surface area contributed by atoms with Crippen LogP contribution < -0.4 is 0 Å². The fourth-order valence-corrected chi connectivity index (χ4v) is 1.79. The van der Waals surface area contributed by atoms with Gasteiger partial charge in [-0.15, -0.1) is 0 Å². The van der Waals surface area contributed by atoms with Gasteiger partial charge in [-0.3, -0.25) is 0 Å². The van der Waals surface area contributed by atoms with E-state index in [0.29, 0.717) is 12.2 Å². The summed E-state index contributed by atoms with van der Waals surface area (Å²) in [4.78, 5) is 11.8. The number of unbranched alkanes of at least 4 members (excludes halogenated alkanes) is 1. The lowest BCUT2D eigenvalue weighted by atomic mass is 9.97. The van der Waals surface area contributed by atoms with Gasteiger partial charge in [0.1, 0.15) is 0 Å². The van der Waals surface area contributed by atoms with Crippen molar-refractivity contribution in [2.45, 2.75) is 39.5 Å². The summed E-state index contributed by atoms with van der Waals surface area (Å²) in [6.45, 7) is 8.46. The van der Waals surface area contributed by atoms with Gasteiger partial charge in [-0.05, 0) is 30.4 Å². The van der Waals surface area contributed by atoms with E-state index in [1.165, 1.54) is 5.56 Å². The Balaban J connectivity index is 2.80. The molecule has 98 valence electrons. The molecule has 0 aliphatic carbocycles. The Morgan fingerprint density at radius 1 is 1.22 bits per heavy atom. The molecule has 1 rings (SSSR count). The molecule has 0 saturated carbocycles. The molecule has 2 heteroatoms. The molecule has 18 heavy (non-hydrogen) atoms. The normalized spacial score (nSPS) is 10.1. The third-order valence-electron chi connectivity index (χ3n) is 2.83. The fraction of sp³-hybridized carbons (Fsp3) is 0.438. The number of hydrogen-bond acceptors (Lipinski definition) is 2. The summed E-state index contributed by atoms with van der Waals surface area (Å²) < 4.78 is 5.13. The van der Waals surface area contributed by atoms with E-state index in [2.05, 4.69) is 19.6 Å². The van der Waals surface area contributed by atoms with Crippen LogP contribution in [0.25, 0.3) is 5.57 Å². The van der Waals surface area contributed by atoms with Crippen molar-refractivity contribution >= 4 is 11.5 Å². The summed E-state index contributed by atoms with van der Waals surface area (Å²) in [5.41, 5.74) is 2.57. The number of carbonyl (C=O) groups is 1. The van der Waals surface area contributed by atoms with Crippen LogP contribution in [0.15, 0.2) is 30.8 Å². The van der Waals surface area contributed by atoms with E-state index in [1.807, 2.05) is 25.1 Å². The van der Waals surface area contributed by atoms with Crippen molar-refractivity contribution in [3.8, 4) is 0 Å². The Labute approximate surface area is 110 Å². The number of hydrogen-bond donors (Lipinski definition) is 0. The van der Waals surface area contributed by atoms with Gasteiger partial charge < -0.3 is 4.74 Å². The van der Waals surface area contributed by atoms with E-state index in [1.54, 1.807) is 0 Å². The van der Waals surface area contributed by atoms with Crippen molar-refractivity contribution in [3.05, 3.63) is 42.0 Å². The highest BCUT2D eigenvalue weighted by Crippen LogP contribution is 2.20. The molecule has 0 aliphatic rings. The lowest BCUT2D eigenvalue weighted by Gasteiger charge is -2.11. The van der Waals surface area contributed by atoms with Gasteiger partial charge in [-0.1, -0.05) is 51.1 Å². The molecule has 0 heterocycles. The number of ether oxygens (including phenoxy) is 1. The van der Waals surface area contributed by atoms with E-state index < -0.39 is 0 Å². The van der Waals surface area contributed by atoms with E-state index >= 15 is 0 Å². The molecule has 0 fully saturated rings. The Bertz CT molecular complexity index is 407. The van der Waals surface area contributed by atoms with Crippen LogP contribution in [0.3, 0.4) is 0 Å². The first-order valence-corrected chi connectivity index (χ1v) is 6.65. The topological polar surface area (TPSA) is 26.3 Å². The number of esters is 1. The third kappa shape index (κ3) is 4.02. The van der Waals surface area contributed by atoms with Crippen molar-refractivity contribution in [2.75, 3.05) is 6.61 Å². The quantitative estimate of drug-likeness (QED) is 0.537. The SMILES string of the molecule is C=C(C(=O)OCCC)c1ccccc1CCCC. The Morgan fingerprint density at radius 3 is 2.61 bits per heavy atom. The van der Waals surface area contributed by atoms with Gasteiger partial charge in [0.15, 0.2) is 0 Å². The summed E-state index contributed by atoms with van der Waals surface area (Å²) in [5.74, 6) is -0.305. The largest absolute Gasteiger partial charge is 0.462 e. The highest BCUT2D eigenvalue weighted by atomic mass is 16.5. The van der Waals surface area contributed by atoms with Crippen LogP contribution in [0.4, 0.5) is 0 Å². The predicted molar refractivity (Wildman–Crippen MR) is 75.3 cm³/mol. The molecule has 0 spiro atoms. The van der Waals surface area contributed by atoms with Gasteiger partial charge in [-0.2, -0.15) is 0 Å². The minimum absolute atomic E-state index is 0.305. The maximum absolute atomic E-state index is 11.8. The van der Waals surface area contributed by atoms with Gasteiger partial charge >= 0.3 is 5.97 Å². The summed E-state index contributed by atoms with van der Waals surface area (Å²) in [6, 6.07) is 7.94. The second kappa shape index (κ2) is 7.70. The average Bonchev–Trinajstić information content (AvgIpc) is 2.42. The minimum Gasteiger partial charge on any atom is -0.462 e. The van der Waals surface area contributed by atoms with Crippen LogP contribution in [0.2, 0.25) is 0 Å². The van der Waals surface area contributed by atoms with Gasteiger partial charge in [-0.25, -0.2) is 4.79 Å². The van der Waals surface area contributed by atoms with E-state index in [4.69, 9.17) is 4.74 Å². The molecule has 0 unspecified atom stereocenters. The molecule has 1 aromatic carbocycles. The first-order chi connectivity index (χ1) is 8.70. The molecular weight excluding hydrogens is 224 g/mol. The molecule has 2 nitrogen and oxygen atoms in total. The number of rotatable bonds is 7. The Hall–Kier alpha value is -1.57. The molecule has 0 atom stereocenters. The predicted octanol–water partition coefficient (Wildman–Crippen LogP) is 4.00. The van der Waals surface area contributed by atoms with Gasteiger partial charge in [0.05, 0.1) is 12.2 Å². The maximum atomic E-state index is 11.8. The molecule has 1 aromatic rings. The molecule has 0 bridgehead atoms. The lowest BCUT2D eigenvalue weighted by molar-refractivity contribution is -0.136. The van der Waals surface area contributed by atoms with Crippen LogP contribution in [0.1, 0.15) is 44.2 Å². The van der Waals surface area contributed by atoms with Crippen molar-refractivity contribution in [3.63, 3.8) is 0 Å². The van der Waals surface area contributed by atoms with Crippen molar-refractivity contribution in [1.29, 1.82) is 0 Å². The van der Waals surface area contributed by atoms with Crippen LogP contribution in [-0.4, -0.2) is 12.6 Å². The first kappa shape index (κ1) is 14.5. The van der Waals surface area contributed by atoms with Crippen molar-refractivity contribution < 1.29 is 9.53 Å². The van der Waals surface area contributed by atoms with Gasteiger partial charge in [0, 0.05) is 0 Å². The molecule has 0 N–H and O–H groups in total. The van der Waals surface area contributed by atoms with Gasteiger partial charge in [0.2, 0.25) is 0 Å². The molecular formula is C16H22O2. The summed E-state index contributed by atoms with van der Waals surface area (Å²) in [7, 11) is 0. The van der Waals surface area contributed by atoms with Crippen LogP contribution >= 0.6 is 0 Å². The standard InChI is InChI=1S/C16H22O2/c1-4-6-9-14-10-7-8-11-15(14)13(3)16(17)18-12-5-2/h7-8,10-11H,3-6,9,12H2,1-2H3. The Morgan fingerprint density at radius 2 is 1.94 bits per heavy atom.